The topological polar surface area (TPSA) is 20.3 Å². The Labute approximate surface area is 80.6 Å². The molecule has 0 radical (unpaired) electrons. The molecule has 11 heavy (non-hydrogen) atoms. The van der Waals surface area contributed by atoms with E-state index in [2.05, 4.69) is 13.3 Å². The molecule has 1 amide bonds. The molecule has 0 spiro atoms. The van der Waals surface area contributed by atoms with Gasteiger partial charge in [0.2, 0.25) is 0 Å². The molecule has 0 aliphatic heterocycles. The summed E-state index contributed by atoms with van der Waals surface area (Å²) in [5.74, 6) is 0.209. The molecule has 0 heterocycles. The number of halogens is 1. The molecule has 0 aromatic rings. The zero-order chi connectivity index (χ0) is 9.07. The van der Waals surface area contributed by atoms with E-state index < -0.39 is 4.69 Å². The standard InChI is InChI=1S/C6H14NOP.Au.ClH/c1-7(2)6(8)5-9(3)4;;/h5H2,1-4H3;;1H/q;+1;/p-1. The molecule has 0 saturated heterocycles. The third-order valence-corrected chi connectivity index (χ3v) is 13.2. The molecular formula is C6H14AuClNOP. The van der Waals surface area contributed by atoms with Crippen molar-refractivity contribution in [3.05, 3.63) is 0 Å². The van der Waals surface area contributed by atoms with Crippen molar-refractivity contribution in [3.8, 4) is 0 Å². The summed E-state index contributed by atoms with van der Waals surface area (Å²) >= 11 is -0.158. The van der Waals surface area contributed by atoms with Gasteiger partial charge in [-0.05, 0) is 0 Å². The molecule has 0 bridgehead atoms. The van der Waals surface area contributed by atoms with Gasteiger partial charge in [-0.2, -0.15) is 0 Å². The predicted molar refractivity (Wildman–Crippen MR) is 48.2 cm³/mol. The van der Waals surface area contributed by atoms with Crippen LogP contribution in [0.15, 0.2) is 0 Å². The molecule has 0 aliphatic carbocycles. The van der Waals surface area contributed by atoms with Crippen molar-refractivity contribution in [1.82, 2.24) is 4.90 Å². The Bertz CT molecular complexity index is 199. The van der Waals surface area contributed by atoms with Crippen molar-refractivity contribution in [2.75, 3.05) is 33.6 Å². The maximum atomic E-state index is 11.2. The van der Waals surface area contributed by atoms with Crippen LogP contribution in [-0.4, -0.2) is 44.4 Å². The number of hydrogen-bond acceptors (Lipinski definition) is 1. The molecule has 0 N–H and O–H groups in total. The van der Waals surface area contributed by atoms with Gasteiger partial charge in [0, 0.05) is 0 Å². The zero-order valence-corrected chi connectivity index (χ0v) is 11.0. The Hall–Kier alpha value is 0.930. The van der Waals surface area contributed by atoms with Crippen LogP contribution in [0, 0.1) is 0 Å². The molecule has 0 atom stereocenters. The number of nitrogens with zero attached hydrogens (tertiary/aromatic N) is 1. The Morgan fingerprint density at radius 2 is 2.00 bits per heavy atom. The fourth-order valence-corrected chi connectivity index (χ4v) is 3.56. The van der Waals surface area contributed by atoms with E-state index in [1.807, 2.05) is 0 Å². The van der Waals surface area contributed by atoms with Crippen LogP contribution in [0.1, 0.15) is 0 Å². The van der Waals surface area contributed by atoms with E-state index >= 15 is 0 Å². The number of amides is 1. The molecule has 72 valence electrons. The Morgan fingerprint density at radius 1 is 1.55 bits per heavy atom. The third-order valence-electron chi connectivity index (χ3n) is 1.14. The summed E-state index contributed by atoms with van der Waals surface area (Å²) < 4.78 is -1.06. The van der Waals surface area contributed by atoms with E-state index in [4.69, 9.17) is 9.19 Å². The monoisotopic (exact) mass is 379 g/mol. The molecule has 0 fully saturated rings. The molecule has 0 rings (SSSR count). The summed E-state index contributed by atoms with van der Waals surface area (Å²) in [5, 5.41) is 0. The van der Waals surface area contributed by atoms with Crippen molar-refractivity contribution in [3.63, 3.8) is 0 Å². The molecule has 2 nitrogen and oxygen atoms in total. The minimum absolute atomic E-state index is 0.158. The fourth-order valence-electron chi connectivity index (χ4n) is 0.471. The molecular weight excluding hydrogens is 365 g/mol. The maximum absolute atomic E-state index is 11.2. The van der Waals surface area contributed by atoms with Gasteiger partial charge in [0.1, 0.15) is 0 Å². The second kappa shape index (κ2) is 4.84. The minimum atomic E-state index is -1.06. The second-order valence-electron chi connectivity index (χ2n) is 2.94. The van der Waals surface area contributed by atoms with Crippen LogP contribution >= 0.6 is 13.9 Å². The van der Waals surface area contributed by atoms with Gasteiger partial charge in [0.15, 0.2) is 0 Å². The first-order valence-electron chi connectivity index (χ1n) is 3.14. The number of rotatable bonds is 2. The van der Waals surface area contributed by atoms with Crippen molar-refractivity contribution in [2.24, 2.45) is 0 Å². The first-order valence-corrected chi connectivity index (χ1v) is 11.4. The number of carbonyl (C=O) groups excluding carboxylic acids is 1. The molecule has 0 saturated carbocycles. The summed E-state index contributed by atoms with van der Waals surface area (Å²) in [6.07, 6.45) is 0.672. The molecule has 0 unspecified atom stereocenters. The molecule has 0 aromatic carbocycles. The Morgan fingerprint density at radius 3 is 2.27 bits per heavy atom. The first-order chi connectivity index (χ1) is 4.89. The van der Waals surface area contributed by atoms with Crippen LogP contribution < -0.4 is 0 Å². The van der Waals surface area contributed by atoms with Gasteiger partial charge in [-0.15, -0.1) is 0 Å². The second-order valence-corrected chi connectivity index (χ2v) is 17.7. The van der Waals surface area contributed by atoms with E-state index in [-0.39, 0.29) is 23.5 Å². The number of carbonyl (C=O) groups is 1. The zero-order valence-electron chi connectivity index (χ0n) is 7.19. The van der Waals surface area contributed by atoms with E-state index in [9.17, 15) is 4.79 Å². The van der Waals surface area contributed by atoms with Crippen LogP contribution in [0.5, 0.6) is 0 Å². The van der Waals surface area contributed by atoms with Crippen LogP contribution in [0.3, 0.4) is 0 Å². The summed E-state index contributed by atoms with van der Waals surface area (Å²) in [4.78, 5) is 12.9. The predicted octanol–water partition coefficient (Wildman–Crippen LogP) is 1.50. The summed E-state index contributed by atoms with van der Waals surface area (Å²) in [6, 6.07) is 0. The summed E-state index contributed by atoms with van der Waals surface area (Å²) in [5.41, 5.74) is 0. The van der Waals surface area contributed by atoms with E-state index in [0.29, 0.717) is 6.16 Å². The van der Waals surface area contributed by atoms with Gasteiger partial charge in [-0.1, -0.05) is 0 Å². The summed E-state index contributed by atoms with van der Waals surface area (Å²) in [7, 11) is 9.39. The molecule has 0 aliphatic rings. The van der Waals surface area contributed by atoms with Crippen LogP contribution in [-0.2, 0) is 22.4 Å². The SMILES string of the molecule is CN(C)C(=O)C[P](C)(C)=[Au][Cl]. The van der Waals surface area contributed by atoms with E-state index in [1.165, 1.54) is 0 Å². The van der Waals surface area contributed by atoms with Crippen molar-refractivity contribution in [2.45, 2.75) is 0 Å². The van der Waals surface area contributed by atoms with Crippen molar-refractivity contribution < 1.29 is 22.4 Å². The van der Waals surface area contributed by atoms with Gasteiger partial charge >= 0.3 is 80.7 Å². The average molecular weight is 380 g/mol. The normalized spacial score (nSPS) is 11.7. The van der Waals surface area contributed by atoms with Gasteiger partial charge in [0.25, 0.3) is 0 Å². The van der Waals surface area contributed by atoms with E-state index in [1.54, 1.807) is 19.0 Å². The Balaban J connectivity index is 4.17. The van der Waals surface area contributed by atoms with Gasteiger partial charge < -0.3 is 0 Å². The molecule has 5 heteroatoms. The van der Waals surface area contributed by atoms with Gasteiger partial charge in [0.05, 0.1) is 0 Å². The first kappa shape index (κ1) is 11.9. The van der Waals surface area contributed by atoms with Crippen molar-refractivity contribution >= 4 is 19.8 Å². The van der Waals surface area contributed by atoms with Crippen LogP contribution in [0.2, 0.25) is 0 Å². The van der Waals surface area contributed by atoms with E-state index in [0.717, 1.165) is 0 Å². The van der Waals surface area contributed by atoms with Gasteiger partial charge in [-0.3, -0.25) is 0 Å². The average Bonchev–Trinajstić information content (AvgIpc) is 1.87. The van der Waals surface area contributed by atoms with Crippen molar-refractivity contribution in [1.29, 1.82) is 0 Å². The van der Waals surface area contributed by atoms with Crippen LogP contribution in [0.4, 0.5) is 0 Å². The molecule has 0 aromatic heterocycles. The summed E-state index contributed by atoms with van der Waals surface area (Å²) in [6.45, 7) is 4.28. The third kappa shape index (κ3) is 5.21. The Kier molecular flexibility index (Phi) is 5.24. The fraction of sp³-hybridized carbons (Fsp3) is 0.833. The van der Waals surface area contributed by atoms with Crippen LogP contribution in [0.25, 0.3) is 0 Å². The number of hydrogen-bond donors (Lipinski definition) is 0. The quantitative estimate of drug-likeness (QED) is 0.526. The van der Waals surface area contributed by atoms with Gasteiger partial charge in [-0.25, -0.2) is 0 Å².